The molecule has 3 heterocycles. The quantitative estimate of drug-likeness (QED) is 0.739. The van der Waals surface area contributed by atoms with Crippen LogP contribution in [0.3, 0.4) is 0 Å². The van der Waals surface area contributed by atoms with Gasteiger partial charge in [0, 0.05) is 32.5 Å². The maximum Gasteiger partial charge on any atom is 0.290 e. The predicted octanol–water partition coefficient (Wildman–Crippen LogP) is 0.0850. The third-order valence-electron chi connectivity index (χ3n) is 3.48. The Kier molecular flexibility index (Phi) is 6.83. The van der Waals surface area contributed by atoms with Crippen LogP contribution in [0.15, 0.2) is 10.6 Å². The van der Waals surface area contributed by atoms with Crippen LogP contribution >= 0.6 is 11.6 Å². The zero-order chi connectivity index (χ0) is 18.2. The average Bonchev–Trinajstić information content (AvgIpc) is 3.21. The Balaban J connectivity index is 0.000000701. The van der Waals surface area contributed by atoms with Gasteiger partial charge in [-0.1, -0.05) is 16.8 Å². The lowest BCUT2D eigenvalue weighted by atomic mass is 10.2. The molecule has 1 aliphatic rings. The van der Waals surface area contributed by atoms with Gasteiger partial charge in [-0.05, 0) is 10.4 Å². The van der Waals surface area contributed by atoms with Gasteiger partial charge >= 0.3 is 0 Å². The van der Waals surface area contributed by atoms with E-state index in [9.17, 15) is 4.79 Å². The van der Waals surface area contributed by atoms with Crippen LogP contribution in [0.1, 0.15) is 24.1 Å². The summed E-state index contributed by atoms with van der Waals surface area (Å²) in [5.74, 6) is 1.23. The minimum atomic E-state index is -0.308. The molecule has 1 N–H and O–H groups in total. The first kappa shape index (κ1) is 18.8. The summed E-state index contributed by atoms with van der Waals surface area (Å²) in [4.78, 5) is 22.4. The van der Waals surface area contributed by atoms with Crippen LogP contribution in [-0.2, 0) is 27.8 Å². The van der Waals surface area contributed by atoms with Gasteiger partial charge in [0.2, 0.25) is 5.91 Å². The van der Waals surface area contributed by atoms with Crippen LogP contribution < -0.4 is 0 Å². The third kappa shape index (κ3) is 5.22. The van der Waals surface area contributed by atoms with Crippen LogP contribution in [0, 0.1) is 0 Å². The molecule has 3 rings (SSSR count). The van der Waals surface area contributed by atoms with E-state index in [1.165, 1.54) is 0 Å². The first-order valence-corrected chi connectivity index (χ1v) is 7.73. The molecule has 1 aliphatic heterocycles. The van der Waals surface area contributed by atoms with Crippen LogP contribution in [-0.4, -0.2) is 67.4 Å². The molecule has 1 fully saturated rings. The van der Waals surface area contributed by atoms with E-state index in [4.69, 9.17) is 30.8 Å². The summed E-state index contributed by atoms with van der Waals surface area (Å²) in [5, 5.41) is 22.1. The van der Waals surface area contributed by atoms with Crippen molar-refractivity contribution in [1.82, 2.24) is 30.3 Å². The maximum atomic E-state index is 12.3. The molecule has 0 bridgehead atoms. The number of aryl methyl sites for hydroxylation is 2. The summed E-state index contributed by atoms with van der Waals surface area (Å²) in [5.41, 5.74) is 0. The first-order valence-electron chi connectivity index (χ1n) is 7.35. The van der Waals surface area contributed by atoms with Crippen LogP contribution in [0.4, 0.5) is 0 Å². The van der Waals surface area contributed by atoms with E-state index in [-0.39, 0.29) is 18.5 Å². The highest BCUT2D eigenvalue weighted by atomic mass is 35.5. The fourth-order valence-electron chi connectivity index (χ4n) is 2.33. The molecular weight excluding hydrogens is 356 g/mol. The number of carboxylic acid groups (broad SMARTS) is 1. The molecular formula is C13H17ClN6O5. The Labute approximate surface area is 147 Å². The summed E-state index contributed by atoms with van der Waals surface area (Å²) in [6.07, 6.45) is 0.485. The highest BCUT2D eigenvalue weighted by Gasteiger charge is 2.28. The van der Waals surface area contributed by atoms with Gasteiger partial charge in [0.25, 0.3) is 6.47 Å². The predicted molar refractivity (Wildman–Crippen MR) is 82.6 cm³/mol. The SMILES string of the molecule is Cn1nnnc1C1CN(C(=O)CCc2cc(Cl)no2)CCO1.O=CO. The molecule has 2 aromatic rings. The van der Waals surface area contributed by atoms with Crippen molar-refractivity contribution in [1.29, 1.82) is 0 Å². The number of rotatable bonds is 4. The minimum absolute atomic E-state index is 0.0240. The van der Waals surface area contributed by atoms with Gasteiger partial charge in [-0.2, -0.15) is 0 Å². The number of hydrogen-bond donors (Lipinski definition) is 1. The molecule has 11 nitrogen and oxygen atoms in total. The van der Waals surface area contributed by atoms with Gasteiger partial charge in [0.15, 0.2) is 11.0 Å². The van der Waals surface area contributed by atoms with Gasteiger partial charge in [-0.25, -0.2) is 4.68 Å². The van der Waals surface area contributed by atoms with E-state index in [0.29, 0.717) is 49.3 Å². The zero-order valence-corrected chi connectivity index (χ0v) is 14.2. The number of morpholine rings is 1. The van der Waals surface area contributed by atoms with Crippen LogP contribution in [0.2, 0.25) is 5.15 Å². The smallest absolute Gasteiger partial charge is 0.290 e. The normalized spacial score (nSPS) is 16.9. The largest absolute Gasteiger partial charge is 0.483 e. The second-order valence-electron chi connectivity index (χ2n) is 5.08. The van der Waals surface area contributed by atoms with Crippen molar-refractivity contribution in [2.75, 3.05) is 19.7 Å². The summed E-state index contributed by atoms with van der Waals surface area (Å²) in [7, 11) is 1.74. The Hall–Kier alpha value is -2.53. The number of carbonyl (C=O) groups is 2. The fourth-order valence-corrected chi connectivity index (χ4v) is 2.49. The Morgan fingerprint density at radius 3 is 2.92 bits per heavy atom. The van der Waals surface area contributed by atoms with Crippen molar-refractivity contribution < 1.29 is 24.0 Å². The number of tetrazole rings is 1. The third-order valence-corrected chi connectivity index (χ3v) is 3.65. The maximum absolute atomic E-state index is 12.3. The Morgan fingerprint density at radius 2 is 2.32 bits per heavy atom. The van der Waals surface area contributed by atoms with Crippen molar-refractivity contribution in [3.05, 3.63) is 22.8 Å². The van der Waals surface area contributed by atoms with Crippen molar-refractivity contribution in [2.45, 2.75) is 18.9 Å². The van der Waals surface area contributed by atoms with Gasteiger partial charge in [-0.15, -0.1) is 5.10 Å². The Morgan fingerprint density at radius 1 is 1.56 bits per heavy atom. The molecule has 1 unspecified atom stereocenters. The van der Waals surface area contributed by atoms with Crippen molar-refractivity contribution in [2.24, 2.45) is 7.05 Å². The van der Waals surface area contributed by atoms with E-state index in [0.717, 1.165) is 0 Å². The van der Waals surface area contributed by atoms with Gasteiger partial charge in [0.1, 0.15) is 11.9 Å². The molecule has 0 aliphatic carbocycles. The number of halogens is 1. The lowest BCUT2D eigenvalue weighted by molar-refractivity contribution is -0.139. The van der Waals surface area contributed by atoms with E-state index < -0.39 is 0 Å². The summed E-state index contributed by atoms with van der Waals surface area (Å²) in [6, 6.07) is 1.61. The topological polar surface area (TPSA) is 136 Å². The van der Waals surface area contributed by atoms with Gasteiger partial charge in [-0.3, -0.25) is 9.59 Å². The number of amides is 1. The molecule has 0 aromatic carbocycles. The molecule has 0 saturated carbocycles. The minimum Gasteiger partial charge on any atom is -0.483 e. The van der Waals surface area contributed by atoms with Crippen molar-refractivity contribution >= 4 is 24.0 Å². The molecule has 25 heavy (non-hydrogen) atoms. The lowest BCUT2D eigenvalue weighted by Crippen LogP contribution is -2.43. The highest BCUT2D eigenvalue weighted by molar-refractivity contribution is 6.29. The average molecular weight is 373 g/mol. The molecule has 1 saturated heterocycles. The number of hydrogen-bond acceptors (Lipinski definition) is 8. The van der Waals surface area contributed by atoms with Crippen molar-refractivity contribution in [3.8, 4) is 0 Å². The lowest BCUT2D eigenvalue weighted by Gasteiger charge is -2.32. The number of nitrogens with zero attached hydrogens (tertiary/aromatic N) is 6. The second-order valence-corrected chi connectivity index (χ2v) is 5.47. The molecule has 2 aromatic heterocycles. The monoisotopic (exact) mass is 372 g/mol. The standard InChI is InChI=1S/C12H15ClN6O3.CH2O2/c1-18-12(14-16-17-18)9-7-19(4-5-21-9)11(20)3-2-8-6-10(13)15-22-8;2-1-3/h6,9H,2-5,7H2,1H3;1H,(H,2,3). The van der Waals surface area contributed by atoms with Crippen LogP contribution in [0.5, 0.6) is 0 Å². The number of carbonyl (C=O) groups excluding carboxylic acids is 1. The highest BCUT2D eigenvalue weighted by Crippen LogP contribution is 2.20. The molecule has 136 valence electrons. The first-order chi connectivity index (χ1) is 12.0. The van der Waals surface area contributed by atoms with Crippen molar-refractivity contribution in [3.63, 3.8) is 0 Å². The molecule has 12 heteroatoms. The summed E-state index contributed by atoms with van der Waals surface area (Å²) in [6.45, 7) is 1.19. The molecule has 0 radical (unpaired) electrons. The summed E-state index contributed by atoms with van der Waals surface area (Å²) >= 11 is 5.68. The molecule has 0 spiro atoms. The van der Waals surface area contributed by atoms with Gasteiger partial charge in [0.05, 0.1) is 13.2 Å². The van der Waals surface area contributed by atoms with E-state index >= 15 is 0 Å². The number of ether oxygens (including phenoxy) is 1. The zero-order valence-electron chi connectivity index (χ0n) is 13.4. The van der Waals surface area contributed by atoms with E-state index in [1.54, 1.807) is 22.7 Å². The molecule has 1 amide bonds. The van der Waals surface area contributed by atoms with E-state index in [1.807, 2.05) is 0 Å². The fraction of sp³-hybridized carbons (Fsp3) is 0.538. The summed E-state index contributed by atoms with van der Waals surface area (Å²) < 4.78 is 12.2. The molecule has 1 atom stereocenters. The Bertz CT molecular complexity index is 705. The van der Waals surface area contributed by atoms with E-state index in [2.05, 4.69) is 20.7 Å². The second kappa shape index (κ2) is 9.08. The van der Waals surface area contributed by atoms with Gasteiger partial charge < -0.3 is 19.3 Å². The number of aromatic nitrogens is 5. The van der Waals surface area contributed by atoms with Crippen LogP contribution in [0.25, 0.3) is 0 Å².